The molecule has 1 aliphatic rings. The number of aryl methyl sites for hydroxylation is 1. The third-order valence-electron chi connectivity index (χ3n) is 4.51. The van der Waals surface area contributed by atoms with Crippen LogP contribution >= 0.6 is 0 Å². The van der Waals surface area contributed by atoms with Crippen LogP contribution in [0.4, 0.5) is 8.78 Å². The smallest absolute Gasteiger partial charge is 0.123 e. The Labute approximate surface area is 145 Å². The first-order chi connectivity index (χ1) is 12.2. The lowest BCUT2D eigenvalue weighted by molar-refractivity contribution is 0.261. The van der Waals surface area contributed by atoms with E-state index in [4.69, 9.17) is 0 Å². The predicted octanol–water partition coefficient (Wildman–Crippen LogP) is 4.23. The van der Waals surface area contributed by atoms with Gasteiger partial charge in [-0.25, -0.2) is 8.78 Å². The van der Waals surface area contributed by atoms with E-state index < -0.39 is 0 Å². The molecule has 0 radical (unpaired) electrons. The van der Waals surface area contributed by atoms with Gasteiger partial charge in [0.15, 0.2) is 0 Å². The van der Waals surface area contributed by atoms with Crippen LogP contribution in [-0.2, 0) is 19.6 Å². The van der Waals surface area contributed by atoms with E-state index in [1.165, 1.54) is 18.2 Å². The lowest BCUT2D eigenvalue weighted by Crippen LogP contribution is -2.22. The van der Waals surface area contributed by atoms with Crippen LogP contribution in [-0.4, -0.2) is 21.2 Å². The van der Waals surface area contributed by atoms with Crippen molar-refractivity contribution >= 4 is 0 Å². The highest BCUT2D eigenvalue weighted by Gasteiger charge is 2.17. The summed E-state index contributed by atoms with van der Waals surface area (Å²) in [6.07, 6.45) is 0.979. The minimum absolute atomic E-state index is 0.203. The number of benzene rings is 2. The van der Waals surface area contributed by atoms with Crippen molar-refractivity contribution in [2.45, 2.75) is 26.1 Å². The summed E-state index contributed by atoms with van der Waals surface area (Å²) in [5, 5.41) is 4.64. The molecule has 5 heteroatoms. The second-order valence-electron chi connectivity index (χ2n) is 6.45. The Kier molecular flexibility index (Phi) is 4.32. The van der Waals surface area contributed by atoms with Gasteiger partial charge < -0.3 is 0 Å². The first-order valence-corrected chi connectivity index (χ1v) is 8.47. The lowest BCUT2D eigenvalue weighted by Gasteiger charge is -2.19. The molecule has 25 heavy (non-hydrogen) atoms. The first-order valence-electron chi connectivity index (χ1n) is 8.47. The average molecular weight is 339 g/mol. The van der Waals surface area contributed by atoms with Crippen LogP contribution in [0.3, 0.4) is 0 Å². The van der Waals surface area contributed by atoms with Gasteiger partial charge in [-0.3, -0.25) is 9.58 Å². The molecule has 0 unspecified atom stereocenters. The molecule has 3 aromatic rings. The summed E-state index contributed by atoms with van der Waals surface area (Å²) in [7, 11) is 0. The van der Waals surface area contributed by atoms with E-state index in [0.29, 0.717) is 6.54 Å². The van der Waals surface area contributed by atoms with Crippen LogP contribution in [0.2, 0.25) is 0 Å². The van der Waals surface area contributed by atoms with Crippen molar-refractivity contribution in [3.63, 3.8) is 0 Å². The summed E-state index contributed by atoms with van der Waals surface area (Å²) in [5.74, 6) is -0.459. The molecule has 2 aromatic carbocycles. The van der Waals surface area contributed by atoms with Gasteiger partial charge in [0.05, 0.1) is 11.4 Å². The summed E-state index contributed by atoms with van der Waals surface area (Å²) < 4.78 is 28.9. The fourth-order valence-electron chi connectivity index (χ4n) is 3.35. The molecule has 0 N–H and O–H groups in total. The number of hydrogen-bond acceptors (Lipinski definition) is 2. The summed E-state index contributed by atoms with van der Waals surface area (Å²) in [6, 6.07) is 15.3. The zero-order valence-electron chi connectivity index (χ0n) is 13.8. The predicted molar refractivity (Wildman–Crippen MR) is 92.8 cm³/mol. The molecule has 2 heterocycles. The van der Waals surface area contributed by atoms with Crippen molar-refractivity contribution in [1.82, 2.24) is 14.7 Å². The third-order valence-corrected chi connectivity index (χ3v) is 4.51. The maximum absolute atomic E-state index is 13.5. The maximum atomic E-state index is 13.5. The Morgan fingerprint density at radius 1 is 0.920 bits per heavy atom. The van der Waals surface area contributed by atoms with Crippen LogP contribution < -0.4 is 0 Å². The van der Waals surface area contributed by atoms with Gasteiger partial charge >= 0.3 is 0 Å². The number of aromatic nitrogens is 2. The monoisotopic (exact) mass is 339 g/mol. The van der Waals surface area contributed by atoms with E-state index in [1.54, 1.807) is 18.2 Å². The standard InChI is InChI=1S/C20H19F2N3/c21-17-6-1-4-15(10-17)13-24-8-3-9-25-19(14-24)12-20(23-25)16-5-2-7-18(22)11-16/h1-2,4-7,10-12H,3,8-9,13-14H2. The quantitative estimate of drug-likeness (QED) is 0.712. The molecular weight excluding hydrogens is 320 g/mol. The second-order valence-corrected chi connectivity index (χ2v) is 6.45. The van der Waals surface area contributed by atoms with Gasteiger partial charge in [0, 0.05) is 31.7 Å². The Balaban J connectivity index is 1.56. The number of nitrogens with zero attached hydrogens (tertiary/aromatic N) is 3. The van der Waals surface area contributed by atoms with Crippen molar-refractivity contribution in [2.24, 2.45) is 0 Å². The third kappa shape index (κ3) is 3.61. The fraction of sp³-hybridized carbons (Fsp3) is 0.250. The molecule has 3 nitrogen and oxygen atoms in total. The Morgan fingerprint density at radius 3 is 2.52 bits per heavy atom. The van der Waals surface area contributed by atoms with Crippen molar-refractivity contribution < 1.29 is 8.78 Å². The van der Waals surface area contributed by atoms with Crippen molar-refractivity contribution in [3.8, 4) is 11.3 Å². The molecule has 0 fully saturated rings. The summed E-state index contributed by atoms with van der Waals surface area (Å²) in [5.41, 5.74) is 3.66. The second kappa shape index (κ2) is 6.76. The fourth-order valence-corrected chi connectivity index (χ4v) is 3.35. The molecule has 1 aliphatic heterocycles. The Morgan fingerprint density at radius 2 is 1.72 bits per heavy atom. The first kappa shape index (κ1) is 16.0. The van der Waals surface area contributed by atoms with Crippen LogP contribution in [0, 0.1) is 11.6 Å². The molecule has 1 aromatic heterocycles. The van der Waals surface area contributed by atoms with Crippen LogP contribution in [0.15, 0.2) is 54.6 Å². The van der Waals surface area contributed by atoms with E-state index >= 15 is 0 Å². The van der Waals surface area contributed by atoms with Gasteiger partial charge in [0.25, 0.3) is 0 Å². The molecule has 0 amide bonds. The average Bonchev–Trinajstić information content (AvgIpc) is 2.89. The van der Waals surface area contributed by atoms with Gasteiger partial charge in [0.1, 0.15) is 11.6 Å². The summed E-state index contributed by atoms with van der Waals surface area (Å²) in [4.78, 5) is 2.30. The van der Waals surface area contributed by atoms with Gasteiger partial charge in [-0.1, -0.05) is 24.3 Å². The Bertz CT molecular complexity index is 888. The zero-order chi connectivity index (χ0) is 17.2. The van der Waals surface area contributed by atoms with E-state index in [0.717, 1.165) is 48.6 Å². The number of halogens is 2. The van der Waals surface area contributed by atoms with Gasteiger partial charge in [-0.15, -0.1) is 0 Å². The topological polar surface area (TPSA) is 21.1 Å². The molecule has 4 rings (SSSR count). The van der Waals surface area contributed by atoms with Crippen LogP contribution in [0.25, 0.3) is 11.3 Å². The van der Waals surface area contributed by atoms with Gasteiger partial charge in [0.2, 0.25) is 0 Å². The number of hydrogen-bond donors (Lipinski definition) is 0. The largest absolute Gasteiger partial charge is 0.293 e. The van der Waals surface area contributed by atoms with Crippen molar-refractivity contribution in [2.75, 3.05) is 6.54 Å². The van der Waals surface area contributed by atoms with E-state index in [2.05, 4.69) is 10.00 Å². The highest BCUT2D eigenvalue weighted by Crippen LogP contribution is 2.23. The molecular formula is C20H19F2N3. The van der Waals surface area contributed by atoms with Crippen molar-refractivity contribution in [3.05, 3.63) is 77.5 Å². The van der Waals surface area contributed by atoms with Crippen LogP contribution in [0.1, 0.15) is 17.7 Å². The van der Waals surface area contributed by atoms with E-state index in [9.17, 15) is 8.78 Å². The van der Waals surface area contributed by atoms with Crippen LogP contribution in [0.5, 0.6) is 0 Å². The highest BCUT2D eigenvalue weighted by molar-refractivity contribution is 5.59. The normalized spacial score (nSPS) is 15.0. The minimum Gasteiger partial charge on any atom is -0.293 e. The number of rotatable bonds is 3. The van der Waals surface area contributed by atoms with Gasteiger partial charge in [-0.05, 0) is 42.3 Å². The minimum atomic E-state index is -0.256. The zero-order valence-corrected chi connectivity index (χ0v) is 13.8. The molecule has 0 atom stereocenters. The molecule has 0 aliphatic carbocycles. The molecule has 0 saturated heterocycles. The molecule has 0 saturated carbocycles. The maximum Gasteiger partial charge on any atom is 0.123 e. The Hall–Kier alpha value is -2.53. The number of fused-ring (bicyclic) bond motifs is 1. The highest BCUT2D eigenvalue weighted by atomic mass is 19.1. The molecule has 0 bridgehead atoms. The SMILES string of the molecule is Fc1cccc(CN2CCCn3nc(-c4cccc(F)c4)cc3C2)c1. The lowest BCUT2D eigenvalue weighted by atomic mass is 10.1. The van der Waals surface area contributed by atoms with E-state index in [1.807, 2.05) is 22.9 Å². The van der Waals surface area contributed by atoms with E-state index in [-0.39, 0.29) is 11.6 Å². The van der Waals surface area contributed by atoms with Crippen molar-refractivity contribution in [1.29, 1.82) is 0 Å². The molecule has 128 valence electrons. The summed E-state index contributed by atoms with van der Waals surface area (Å²) >= 11 is 0. The van der Waals surface area contributed by atoms with Gasteiger partial charge in [-0.2, -0.15) is 5.10 Å². The summed E-state index contributed by atoms with van der Waals surface area (Å²) in [6.45, 7) is 3.23. The molecule has 0 spiro atoms.